The number of benzene rings is 1. The average Bonchev–Trinajstić information content (AvgIpc) is 2.63. The fraction of sp³-hybridized carbons (Fsp3) is 0.556. The van der Waals surface area contributed by atoms with Crippen molar-refractivity contribution in [1.82, 2.24) is 0 Å². The number of hydrogen-bond acceptors (Lipinski definition) is 5. The Bertz CT molecular complexity index is 563. The van der Waals surface area contributed by atoms with Gasteiger partial charge in [-0.05, 0) is 35.8 Å². The van der Waals surface area contributed by atoms with E-state index in [1.54, 1.807) is 0 Å². The minimum absolute atomic E-state index is 0.497. The second-order valence-electron chi connectivity index (χ2n) is 5.87. The summed E-state index contributed by atoms with van der Waals surface area (Å²) in [6, 6.07) is 10.7. The molecule has 0 saturated carbocycles. The van der Waals surface area contributed by atoms with Gasteiger partial charge in [-0.3, -0.25) is 4.79 Å². The Kier molecular flexibility index (Phi) is 8.65. The van der Waals surface area contributed by atoms with Crippen LogP contribution in [0.3, 0.4) is 0 Å². The van der Waals surface area contributed by atoms with Gasteiger partial charge in [0.1, 0.15) is 5.75 Å². The van der Waals surface area contributed by atoms with Crippen LogP contribution in [0.1, 0.15) is 38.1 Å². The van der Waals surface area contributed by atoms with Crippen molar-refractivity contribution < 1.29 is 23.5 Å². The number of ether oxygens (including phenoxy) is 2. The highest BCUT2D eigenvalue weighted by molar-refractivity contribution is 9.09. The van der Waals surface area contributed by atoms with Crippen LogP contribution in [-0.2, 0) is 19.1 Å². The molecular formula is C18H27BrO5Si. The molecule has 0 unspecified atom stereocenters. The predicted molar refractivity (Wildman–Crippen MR) is 104 cm³/mol. The molecule has 0 fully saturated rings. The predicted octanol–water partition coefficient (Wildman–Crippen LogP) is 4.61. The van der Waals surface area contributed by atoms with Gasteiger partial charge in [-0.1, -0.05) is 48.8 Å². The molecule has 5 nitrogen and oxygen atoms in total. The lowest BCUT2D eigenvalue weighted by molar-refractivity contribution is -0.164. The summed E-state index contributed by atoms with van der Waals surface area (Å²) in [5, 5.41) is 0. The molecule has 0 aromatic heterocycles. The highest BCUT2D eigenvalue weighted by Gasteiger charge is 2.33. The van der Waals surface area contributed by atoms with Crippen molar-refractivity contribution in [2.24, 2.45) is 0 Å². The first kappa shape index (κ1) is 21.7. The summed E-state index contributed by atoms with van der Waals surface area (Å²) in [6.07, 6.45) is -1.04. The number of methoxy groups -OCH3 is 1. The van der Waals surface area contributed by atoms with Crippen LogP contribution in [0.5, 0.6) is 5.75 Å². The third kappa shape index (κ3) is 5.85. The highest BCUT2D eigenvalue weighted by atomic mass is 79.9. The van der Waals surface area contributed by atoms with Crippen molar-refractivity contribution in [3.05, 3.63) is 29.8 Å². The normalized spacial score (nSPS) is 13.7. The number of hydrogen-bond donors (Lipinski definition) is 0. The molecule has 0 aliphatic heterocycles. The van der Waals surface area contributed by atoms with Gasteiger partial charge in [0.25, 0.3) is 0 Å². The molecule has 0 bridgehead atoms. The van der Waals surface area contributed by atoms with E-state index in [0.29, 0.717) is 0 Å². The van der Waals surface area contributed by atoms with Crippen LogP contribution in [0.4, 0.5) is 0 Å². The van der Waals surface area contributed by atoms with Gasteiger partial charge in [-0.15, -0.1) is 0 Å². The quantitative estimate of drug-likeness (QED) is 0.325. The van der Waals surface area contributed by atoms with Crippen LogP contribution in [0, 0.1) is 0 Å². The lowest BCUT2D eigenvalue weighted by Gasteiger charge is -2.29. The molecule has 7 heteroatoms. The third-order valence-corrected chi connectivity index (χ3v) is 10.0. The van der Waals surface area contributed by atoms with E-state index in [0.717, 1.165) is 29.4 Å². The molecule has 140 valence electrons. The molecule has 0 saturated heterocycles. The maximum atomic E-state index is 11.9. The van der Waals surface area contributed by atoms with Crippen molar-refractivity contribution >= 4 is 36.2 Å². The van der Waals surface area contributed by atoms with Crippen molar-refractivity contribution in [2.45, 2.75) is 56.8 Å². The second kappa shape index (κ2) is 9.96. The van der Waals surface area contributed by atoms with E-state index in [2.05, 4.69) is 36.7 Å². The molecule has 0 aliphatic rings. The number of alkyl halides is 1. The zero-order valence-corrected chi connectivity index (χ0v) is 18.1. The number of esters is 2. The number of carbonyl (C=O) groups excluding carboxylic acids is 2. The number of carbonyl (C=O) groups is 2. The minimum Gasteiger partial charge on any atom is -0.544 e. The van der Waals surface area contributed by atoms with E-state index in [4.69, 9.17) is 13.9 Å². The van der Waals surface area contributed by atoms with E-state index in [-0.39, 0.29) is 0 Å². The first-order valence-electron chi connectivity index (χ1n) is 8.50. The van der Waals surface area contributed by atoms with Gasteiger partial charge < -0.3 is 13.9 Å². The Morgan fingerprint density at radius 3 is 2.00 bits per heavy atom. The Balaban J connectivity index is 2.96. The number of rotatable bonds is 9. The minimum atomic E-state index is -1.73. The summed E-state index contributed by atoms with van der Waals surface area (Å²) < 4.78 is 16.1. The molecule has 1 rings (SSSR count). The van der Waals surface area contributed by atoms with Crippen molar-refractivity contribution in [1.29, 1.82) is 0 Å². The van der Waals surface area contributed by atoms with E-state index in [1.165, 1.54) is 14.0 Å². The Morgan fingerprint density at radius 1 is 1.08 bits per heavy atom. The molecule has 25 heavy (non-hydrogen) atoms. The van der Waals surface area contributed by atoms with Crippen LogP contribution >= 0.6 is 15.9 Å². The van der Waals surface area contributed by atoms with E-state index < -0.39 is 31.2 Å². The maximum absolute atomic E-state index is 11.9. The lowest BCUT2D eigenvalue weighted by Crippen LogP contribution is -2.39. The molecule has 1 aromatic carbocycles. The third-order valence-electron chi connectivity index (χ3n) is 4.46. The fourth-order valence-electron chi connectivity index (χ4n) is 2.63. The highest BCUT2D eigenvalue weighted by Crippen LogP contribution is 2.32. The molecule has 1 aromatic rings. The summed E-state index contributed by atoms with van der Waals surface area (Å²) >= 11 is 3.44. The van der Waals surface area contributed by atoms with Gasteiger partial charge >= 0.3 is 11.9 Å². The molecular weight excluding hydrogens is 404 g/mol. The standard InChI is InChI=1S/C18H27BrO5Si/c1-6-25(7-2,8-3)24-15-11-9-14(10-12-15)16(19)17(18(21)22-5)23-13(4)20/h9-12,16-17H,6-8H2,1-5H3/t16-,17+/m0/s1. The smallest absolute Gasteiger partial charge is 0.348 e. The molecule has 0 amide bonds. The van der Waals surface area contributed by atoms with Crippen LogP contribution in [0.2, 0.25) is 18.1 Å². The van der Waals surface area contributed by atoms with Crippen molar-refractivity contribution in [3.8, 4) is 5.75 Å². The second-order valence-corrected chi connectivity index (χ2v) is 11.5. The van der Waals surface area contributed by atoms with Gasteiger partial charge in [0.15, 0.2) is 0 Å². The van der Waals surface area contributed by atoms with Gasteiger partial charge in [0, 0.05) is 6.92 Å². The topological polar surface area (TPSA) is 61.8 Å². The largest absolute Gasteiger partial charge is 0.544 e. The summed E-state index contributed by atoms with van der Waals surface area (Å²) in [7, 11) is -0.461. The van der Waals surface area contributed by atoms with Crippen molar-refractivity contribution in [2.75, 3.05) is 7.11 Å². The molecule has 0 spiro atoms. The first-order valence-corrected chi connectivity index (χ1v) is 11.9. The molecule has 0 heterocycles. The molecule has 0 aliphatic carbocycles. The van der Waals surface area contributed by atoms with E-state index in [9.17, 15) is 9.59 Å². The van der Waals surface area contributed by atoms with Crippen LogP contribution < -0.4 is 4.43 Å². The average molecular weight is 431 g/mol. The summed E-state index contributed by atoms with van der Waals surface area (Å²) in [5.41, 5.74) is 0.806. The number of halogens is 1. The molecule has 0 radical (unpaired) electrons. The van der Waals surface area contributed by atoms with E-state index >= 15 is 0 Å². The van der Waals surface area contributed by atoms with Crippen LogP contribution in [0.25, 0.3) is 0 Å². The zero-order valence-electron chi connectivity index (χ0n) is 15.5. The lowest BCUT2D eigenvalue weighted by atomic mass is 10.1. The SMILES string of the molecule is CC[Si](CC)(CC)Oc1ccc([C@H](Br)[C@@H](OC(C)=O)C(=O)OC)cc1. The van der Waals surface area contributed by atoms with Gasteiger partial charge in [-0.2, -0.15) is 0 Å². The Hall–Kier alpha value is -1.34. The summed E-state index contributed by atoms with van der Waals surface area (Å²) in [6.45, 7) is 7.81. The Labute approximate surface area is 159 Å². The van der Waals surface area contributed by atoms with Gasteiger partial charge in [-0.25, -0.2) is 4.79 Å². The van der Waals surface area contributed by atoms with Gasteiger partial charge in [0.2, 0.25) is 14.4 Å². The zero-order chi connectivity index (χ0) is 19.0. The summed E-state index contributed by atoms with van der Waals surface area (Å²) in [4.78, 5) is 22.6. The monoisotopic (exact) mass is 430 g/mol. The fourth-order valence-corrected chi connectivity index (χ4v) is 5.83. The van der Waals surface area contributed by atoms with E-state index in [1.807, 2.05) is 24.3 Å². The Morgan fingerprint density at radius 2 is 1.60 bits per heavy atom. The van der Waals surface area contributed by atoms with Crippen molar-refractivity contribution in [3.63, 3.8) is 0 Å². The van der Waals surface area contributed by atoms with Crippen LogP contribution in [-0.4, -0.2) is 33.5 Å². The maximum Gasteiger partial charge on any atom is 0.348 e. The molecule has 0 N–H and O–H groups in total. The summed E-state index contributed by atoms with van der Waals surface area (Å²) in [5.74, 6) is -0.307. The van der Waals surface area contributed by atoms with Crippen LogP contribution in [0.15, 0.2) is 24.3 Å². The van der Waals surface area contributed by atoms with Gasteiger partial charge in [0.05, 0.1) is 11.9 Å². The molecule has 2 atom stereocenters. The first-order chi connectivity index (χ1) is 11.8.